The average molecular weight is 407 g/mol. The number of ether oxygens (including phenoxy) is 3. The van der Waals surface area contributed by atoms with Crippen molar-refractivity contribution in [3.8, 4) is 0 Å². The molecule has 1 N–H and O–H groups in total. The highest BCUT2D eigenvalue weighted by molar-refractivity contribution is 6.85. The van der Waals surface area contributed by atoms with E-state index in [1.165, 1.54) is 0 Å². The molecule has 6 nitrogen and oxygen atoms in total. The zero-order chi connectivity index (χ0) is 20.4. The summed E-state index contributed by atoms with van der Waals surface area (Å²) in [5.41, 5.74) is -0.0730. The van der Waals surface area contributed by atoms with E-state index in [-0.39, 0.29) is 0 Å². The lowest BCUT2D eigenvalue weighted by atomic mass is 10.4. The van der Waals surface area contributed by atoms with Gasteiger partial charge >= 0.3 is 5.97 Å². The third-order valence-electron chi connectivity index (χ3n) is 3.98. The second kappa shape index (κ2) is 12.0. The predicted molar refractivity (Wildman–Crippen MR) is 109 cm³/mol. The molecule has 26 heavy (non-hydrogen) atoms. The van der Waals surface area contributed by atoms with Crippen molar-refractivity contribution in [2.45, 2.75) is 77.9 Å². The third-order valence-corrected chi connectivity index (χ3v) is 11.7. The fourth-order valence-corrected chi connectivity index (χ4v) is 11.0. The molecule has 0 aliphatic rings. The van der Waals surface area contributed by atoms with Crippen LogP contribution in [0.15, 0.2) is 12.2 Å². The van der Waals surface area contributed by atoms with Gasteiger partial charge in [0.25, 0.3) is 0 Å². The molecule has 0 aliphatic carbocycles. The predicted octanol–water partition coefficient (Wildman–Crippen LogP) is 3.61. The van der Waals surface area contributed by atoms with Crippen LogP contribution in [0.1, 0.15) is 33.6 Å². The number of aliphatic hydroxyl groups excluding tert-OH is 1. The standard InChI is InChI=1S/C18H38O6Si2/c1-9-21-13-11-17(19)26(7,8)24-25(5,6)14-10-12-22-16(4)23-18(20)15(2)3/h16-17,19H,2,9-14H2,1,3-8H3. The lowest BCUT2D eigenvalue weighted by molar-refractivity contribution is -0.169. The van der Waals surface area contributed by atoms with E-state index in [2.05, 4.69) is 32.8 Å². The van der Waals surface area contributed by atoms with Crippen LogP contribution >= 0.6 is 0 Å². The molecule has 8 heteroatoms. The molecule has 0 aromatic carbocycles. The van der Waals surface area contributed by atoms with Gasteiger partial charge in [0.15, 0.2) is 14.6 Å². The molecule has 0 bridgehead atoms. The average Bonchev–Trinajstić information content (AvgIpc) is 2.50. The monoisotopic (exact) mass is 406 g/mol. The summed E-state index contributed by atoms with van der Waals surface area (Å²) in [6.07, 6.45) is 0.857. The minimum atomic E-state index is -2.19. The molecule has 0 saturated carbocycles. The van der Waals surface area contributed by atoms with Crippen molar-refractivity contribution in [3.05, 3.63) is 12.2 Å². The summed E-state index contributed by atoms with van der Waals surface area (Å²) in [6, 6.07) is 0.919. The Balaban J connectivity index is 4.23. The van der Waals surface area contributed by atoms with Gasteiger partial charge in [0, 0.05) is 18.8 Å². The largest absolute Gasteiger partial charge is 0.454 e. The molecule has 0 spiro atoms. The second-order valence-corrected chi connectivity index (χ2v) is 16.4. The number of esters is 1. The van der Waals surface area contributed by atoms with Crippen LogP contribution in [0.3, 0.4) is 0 Å². The Morgan fingerprint density at radius 1 is 1.19 bits per heavy atom. The summed E-state index contributed by atoms with van der Waals surface area (Å²) in [7, 11) is -4.10. The molecule has 0 amide bonds. The summed E-state index contributed by atoms with van der Waals surface area (Å²) in [5.74, 6) is -0.440. The van der Waals surface area contributed by atoms with E-state index in [1.807, 2.05) is 6.92 Å². The zero-order valence-corrected chi connectivity index (χ0v) is 19.6. The highest BCUT2D eigenvalue weighted by atomic mass is 28.4. The highest BCUT2D eigenvalue weighted by Gasteiger charge is 2.38. The molecule has 0 heterocycles. The minimum Gasteiger partial charge on any atom is -0.454 e. The lowest BCUT2D eigenvalue weighted by Crippen LogP contribution is -2.52. The van der Waals surface area contributed by atoms with Crippen LogP contribution < -0.4 is 0 Å². The van der Waals surface area contributed by atoms with E-state index in [1.54, 1.807) is 13.8 Å². The fraction of sp³-hybridized carbons (Fsp3) is 0.833. The normalized spacial score (nSPS) is 14.8. The number of carbonyl (C=O) groups is 1. The molecule has 0 aromatic rings. The molecular formula is C18H38O6Si2. The fourth-order valence-electron chi connectivity index (χ4n) is 2.55. The Morgan fingerprint density at radius 3 is 2.35 bits per heavy atom. The van der Waals surface area contributed by atoms with Gasteiger partial charge in [-0.2, -0.15) is 0 Å². The summed E-state index contributed by atoms with van der Waals surface area (Å²) < 4.78 is 22.4. The van der Waals surface area contributed by atoms with Crippen LogP contribution in [0, 0.1) is 0 Å². The number of aliphatic hydroxyl groups is 1. The molecule has 2 atom stereocenters. The van der Waals surface area contributed by atoms with Crippen LogP contribution in [0.25, 0.3) is 0 Å². The first-order valence-corrected chi connectivity index (χ1v) is 15.5. The van der Waals surface area contributed by atoms with Crippen molar-refractivity contribution >= 4 is 22.6 Å². The van der Waals surface area contributed by atoms with Gasteiger partial charge in [-0.3, -0.25) is 0 Å². The van der Waals surface area contributed by atoms with E-state index in [0.29, 0.717) is 31.8 Å². The SMILES string of the molecule is C=C(C)C(=O)OC(C)OCCC[Si](C)(C)O[Si](C)(C)C(O)CCOCC. The number of hydrogen-bond acceptors (Lipinski definition) is 6. The van der Waals surface area contributed by atoms with Gasteiger partial charge in [-0.25, -0.2) is 4.79 Å². The molecule has 154 valence electrons. The molecule has 0 aliphatic heterocycles. The first-order chi connectivity index (χ1) is 11.9. The van der Waals surface area contributed by atoms with Crippen molar-refractivity contribution < 1.29 is 28.2 Å². The van der Waals surface area contributed by atoms with Crippen LogP contribution in [-0.4, -0.2) is 59.5 Å². The van der Waals surface area contributed by atoms with Gasteiger partial charge < -0.3 is 23.4 Å². The first kappa shape index (κ1) is 25.5. The van der Waals surface area contributed by atoms with Crippen LogP contribution in [0.5, 0.6) is 0 Å². The summed E-state index contributed by atoms with van der Waals surface area (Å²) in [4.78, 5) is 11.4. The van der Waals surface area contributed by atoms with Gasteiger partial charge in [-0.05, 0) is 65.8 Å². The molecule has 0 saturated heterocycles. The van der Waals surface area contributed by atoms with Crippen molar-refractivity contribution in [3.63, 3.8) is 0 Å². The summed E-state index contributed by atoms with van der Waals surface area (Å²) in [6.45, 7) is 19.0. The van der Waals surface area contributed by atoms with Crippen molar-refractivity contribution in [1.29, 1.82) is 0 Å². The second-order valence-electron chi connectivity index (χ2n) is 7.69. The van der Waals surface area contributed by atoms with Gasteiger partial charge in [0.05, 0.1) is 12.3 Å². The Labute approximate surface area is 161 Å². The van der Waals surface area contributed by atoms with Gasteiger partial charge in [-0.15, -0.1) is 0 Å². The Hall–Kier alpha value is -0.516. The number of rotatable bonds is 14. The van der Waals surface area contributed by atoms with E-state index in [4.69, 9.17) is 18.3 Å². The maximum absolute atomic E-state index is 11.4. The van der Waals surface area contributed by atoms with E-state index >= 15 is 0 Å². The molecule has 0 aromatic heterocycles. The van der Waals surface area contributed by atoms with E-state index < -0.39 is 34.6 Å². The zero-order valence-electron chi connectivity index (χ0n) is 17.6. The highest BCUT2D eigenvalue weighted by Crippen LogP contribution is 2.23. The van der Waals surface area contributed by atoms with E-state index in [9.17, 15) is 9.90 Å². The van der Waals surface area contributed by atoms with Gasteiger partial charge in [0.2, 0.25) is 8.32 Å². The lowest BCUT2D eigenvalue weighted by Gasteiger charge is -2.37. The molecule has 0 radical (unpaired) electrons. The number of hydrogen-bond donors (Lipinski definition) is 1. The smallest absolute Gasteiger partial charge is 0.335 e. The van der Waals surface area contributed by atoms with E-state index in [0.717, 1.165) is 12.5 Å². The molecule has 0 fully saturated rings. The topological polar surface area (TPSA) is 74.2 Å². The minimum absolute atomic E-state index is 0.359. The van der Waals surface area contributed by atoms with Gasteiger partial charge in [-0.1, -0.05) is 6.58 Å². The first-order valence-electron chi connectivity index (χ1n) is 9.35. The van der Waals surface area contributed by atoms with Crippen molar-refractivity contribution in [2.75, 3.05) is 19.8 Å². The Morgan fingerprint density at radius 2 is 1.81 bits per heavy atom. The third kappa shape index (κ3) is 11.3. The Kier molecular flexibility index (Phi) is 11.8. The van der Waals surface area contributed by atoms with Crippen molar-refractivity contribution in [1.82, 2.24) is 0 Å². The van der Waals surface area contributed by atoms with Crippen molar-refractivity contribution in [2.24, 2.45) is 0 Å². The van der Waals surface area contributed by atoms with Crippen LogP contribution in [0.2, 0.25) is 32.2 Å². The maximum atomic E-state index is 11.4. The summed E-state index contributed by atoms with van der Waals surface area (Å²) in [5, 5.41) is 10.4. The number of carbonyl (C=O) groups excluding carboxylic acids is 1. The van der Waals surface area contributed by atoms with Crippen LogP contribution in [-0.2, 0) is 23.1 Å². The Bertz CT molecular complexity index is 439. The molecule has 0 rings (SSSR count). The molecule has 2 unspecified atom stereocenters. The maximum Gasteiger partial charge on any atom is 0.335 e. The van der Waals surface area contributed by atoms with Crippen LogP contribution in [0.4, 0.5) is 0 Å². The quantitative estimate of drug-likeness (QED) is 0.156. The molecular weight excluding hydrogens is 368 g/mol. The van der Waals surface area contributed by atoms with Gasteiger partial charge in [0.1, 0.15) is 0 Å². The summed E-state index contributed by atoms with van der Waals surface area (Å²) >= 11 is 0.